The first-order valence-electron chi connectivity index (χ1n) is 6.39. The van der Waals surface area contributed by atoms with Crippen LogP contribution in [0.4, 0.5) is 0 Å². The Bertz CT molecular complexity index is 678. The summed E-state index contributed by atoms with van der Waals surface area (Å²) in [7, 11) is 0. The predicted molar refractivity (Wildman–Crippen MR) is 84.3 cm³/mol. The van der Waals surface area contributed by atoms with Gasteiger partial charge in [-0.25, -0.2) is 0 Å². The van der Waals surface area contributed by atoms with Crippen LogP contribution in [0.1, 0.15) is 12.8 Å². The maximum Gasteiger partial charge on any atom is 0.292 e. The molecule has 3 rings (SSSR count). The molecule has 0 aromatic rings. The van der Waals surface area contributed by atoms with E-state index < -0.39 is 4.92 Å². The van der Waals surface area contributed by atoms with Gasteiger partial charge in [0.05, 0.1) is 22.0 Å². The van der Waals surface area contributed by atoms with Gasteiger partial charge in [-0.2, -0.15) is 0 Å². The maximum absolute atomic E-state index is 12.0. The van der Waals surface area contributed by atoms with Gasteiger partial charge >= 0.3 is 0 Å². The number of nitrogens with zero attached hydrogens (tertiary/aromatic N) is 2. The van der Waals surface area contributed by atoms with E-state index in [9.17, 15) is 14.9 Å². The molecule has 2 heterocycles. The number of thiocarbonyl (C=S) groups is 2. The first kappa shape index (κ1) is 14.0. The van der Waals surface area contributed by atoms with Gasteiger partial charge in [0.2, 0.25) is 5.91 Å². The summed E-state index contributed by atoms with van der Waals surface area (Å²) in [4.78, 5) is 25.3. The van der Waals surface area contributed by atoms with E-state index in [1.165, 1.54) is 0 Å². The first-order valence-corrected chi connectivity index (χ1v) is 7.20. The van der Waals surface area contributed by atoms with Gasteiger partial charge in [0.1, 0.15) is 10.9 Å². The summed E-state index contributed by atoms with van der Waals surface area (Å²) in [5, 5.41) is 13.8. The van der Waals surface area contributed by atoms with Crippen molar-refractivity contribution in [2.24, 2.45) is 0 Å². The van der Waals surface area contributed by atoms with Crippen LogP contribution in [-0.4, -0.2) is 38.2 Å². The third-order valence-corrected chi connectivity index (χ3v) is 4.36. The second kappa shape index (κ2) is 5.12. The maximum atomic E-state index is 12.0. The highest BCUT2D eigenvalue weighted by Crippen LogP contribution is 2.32. The molecular weight excluding hydrogens is 310 g/mol. The smallest absolute Gasteiger partial charge is 0.292 e. The highest BCUT2D eigenvalue weighted by atomic mass is 32.1. The molecule has 3 aliphatic rings. The quantitative estimate of drug-likeness (QED) is 0.469. The molecule has 1 fully saturated rings. The van der Waals surface area contributed by atoms with Gasteiger partial charge in [0.25, 0.3) is 5.70 Å². The molecule has 1 aliphatic carbocycles. The van der Waals surface area contributed by atoms with Crippen molar-refractivity contribution in [1.82, 2.24) is 10.2 Å². The van der Waals surface area contributed by atoms with Crippen LogP contribution in [0.3, 0.4) is 0 Å². The van der Waals surface area contributed by atoms with Gasteiger partial charge in [-0.05, 0) is 12.5 Å². The fourth-order valence-electron chi connectivity index (χ4n) is 2.72. The summed E-state index contributed by atoms with van der Waals surface area (Å²) in [6.07, 6.45) is 6.36. The van der Waals surface area contributed by atoms with Crippen molar-refractivity contribution in [2.45, 2.75) is 18.9 Å². The lowest BCUT2D eigenvalue weighted by atomic mass is 9.99. The molecule has 0 saturated carbocycles. The van der Waals surface area contributed by atoms with Crippen LogP contribution in [-0.2, 0) is 4.79 Å². The Morgan fingerprint density at radius 1 is 1.38 bits per heavy atom. The van der Waals surface area contributed by atoms with Crippen LogP contribution < -0.4 is 5.32 Å². The lowest BCUT2D eigenvalue weighted by Gasteiger charge is -2.30. The van der Waals surface area contributed by atoms with Crippen LogP contribution in [0, 0.1) is 10.1 Å². The van der Waals surface area contributed by atoms with Crippen molar-refractivity contribution >= 4 is 40.2 Å². The number of nitrogens with one attached hydrogen (secondary N) is 1. The van der Waals surface area contributed by atoms with E-state index in [1.54, 1.807) is 18.4 Å². The lowest BCUT2D eigenvalue weighted by molar-refractivity contribution is -0.415. The van der Waals surface area contributed by atoms with Gasteiger partial charge in [0, 0.05) is 18.2 Å². The van der Waals surface area contributed by atoms with Crippen molar-refractivity contribution in [3.05, 3.63) is 45.3 Å². The summed E-state index contributed by atoms with van der Waals surface area (Å²) < 4.78 is 0. The molecule has 1 amide bonds. The SMILES string of the molecule is O=C1NC(=S)CCC1N1C=C2C=CC(=S)C([N+](=O)[O-])=C2C1. The van der Waals surface area contributed by atoms with Crippen LogP contribution in [0.2, 0.25) is 0 Å². The Labute approximate surface area is 131 Å². The molecule has 0 bridgehead atoms. The highest BCUT2D eigenvalue weighted by Gasteiger charge is 2.37. The molecule has 1 saturated heterocycles. The van der Waals surface area contributed by atoms with Crippen molar-refractivity contribution < 1.29 is 9.72 Å². The predicted octanol–water partition coefficient (Wildman–Crippen LogP) is 1.26. The molecule has 8 heteroatoms. The number of rotatable bonds is 2. The van der Waals surface area contributed by atoms with Crippen LogP contribution in [0.5, 0.6) is 0 Å². The van der Waals surface area contributed by atoms with E-state index in [0.29, 0.717) is 29.9 Å². The van der Waals surface area contributed by atoms with E-state index in [-0.39, 0.29) is 22.5 Å². The minimum Gasteiger partial charge on any atom is -0.360 e. The molecule has 108 valence electrons. The molecule has 0 spiro atoms. The molecule has 1 unspecified atom stereocenters. The number of hydrogen-bond acceptors (Lipinski definition) is 6. The summed E-state index contributed by atoms with van der Waals surface area (Å²) in [6, 6.07) is -0.350. The van der Waals surface area contributed by atoms with Crippen LogP contribution in [0.15, 0.2) is 35.2 Å². The summed E-state index contributed by atoms with van der Waals surface area (Å²) in [6.45, 7) is 0.320. The molecular formula is C13H11N3O3S2. The van der Waals surface area contributed by atoms with Gasteiger partial charge in [-0.15, -0.1) is 0 Å². The highest BCUT2D eigenvalue weighted by molar-refractivity contribution is 7.81. The Balaban J connectivity index is 1.91. The molecule has 1 N–H and O–H groups in total. The lowest BCUT2D eigenvalue weighted by Crippen LogP contribution is -2.50. The Hall–Kier alpha value is -1.93. The molecule has 0 aromatic carbocycles. The minimum atomic E-state index is -0.450. The normalized spacial score (nSPS) is 25.0. The van der Waals surface area contributed by atoms with Gasteiger partial charge in [-0.1, -0.05) is 30.5 Å². The van der Waals surface area contributed by atoms with E-state index in [1.807, 2.05) is 4.90 Å². The van der Waals surface area contributed by atoms with Crippen LogP contribution >= 0.6 is 24.4 Å². The van der Waals surface area contributed by atoms with E-state index in [2.05, 4.69) is 5.32 Å². The van der Waals surface area contributed by atoms with Crippen molar-refractivity contribution in [3.8, 4) is 0 Å². The van der Waals surface area contributed by atoms with Crippen molar-refractivity contribution in [2.75, 3.05) is 6.54 Å². The number of hydrogen-bond donors (Lipinski definition) is 1. The second-order valence-electron chi connectivity index (χ2n) is 5.01. The average Bonchev–Trinajstić information content (AvgIpc) is 2.81. The Kier molecular flexibility index (Phi) is 3.42. The summed E-state index contributed by atoms with van der Waals surface area (Å²) in [5.74, 6) is -0.156. The van der Waals surface area contributed by atoms with E-state index in [0.717, 1.165) is 5.57 Å². The van der Waals surface area contributed by atoms with Gasteiger partial charge in [0.15, 0.2) is 0 Å². The third-order valence-electron chi connectivity index (χ3n) is 3.72. The topological polar surface area (TPSA) is 75.5 Å². The third kappa shape index (κ3) is 2.40. The number of carbonyl (C=O) groups is 1. The molecule has 1 atom stereocenters. The number of nitro groups is 1. The fourth-order valence-corrected chi connectivity index (χ4v) is 3.21. The minimum absolute atomic E-state index is 0.0343. The largest absolute Gasteiger partial charge is 0.360 e. The van der Waals surface area contributed by atoms with E-state index >= 15 is 0 Å². The molecule has 21 heavy (non-hydrogen) atoms. The zero-order valence-corrected chi connectivity index (χ0v) is 12.5. The summed E-state index contributed by atoms with van der Waals surface area (Å²) >= 11 is 10.0. The number of amides is 1. The zero-order valence-electron chi connectivity index (χ0n) is 10.9. The Morgan fingerprint density at radius 2 is 2.14 bits per heavy atom. The first-order chi connectivity index (χ1) is 9.97. The molecule has 0 aromatic heterocycles. The molecule has 0 radical (unpaired) electrons. The zero-order chi connectivity index (χ0) is 15.1. The monoisotopic (exact) mass is 321 g/mol. The molecule has 6 nitrogen and oxygen atoms in total. The van der Waals surface area contributed by atoms with Crippen molar-refractivity contribution in [1.29, 1.82) is 0 Å². The number of allylic oxidation sites excluding steroid dienone is 2. The number of carbonyl (C=O) groups excluding carboxylic acids is 1. The van der Waals surface area contributed by atoms with E-state index in [4.69, 9.17) is 24.4 Å². The molecule has 2 aliphatic heterocycles. The van der Waals surface area contributed by atoms with Crippen LogP contribution in [0.25, 0.3) is 0 Å². The van der Waals surface area contributed by atoms with Gasteiger partial charge < -0.3 is 10.2 Å². The number of piperidine rings is 1. The average molecular weight is 321 g/mol. The van der Waals surface area contributed by atoms with Crippen molar-refractivity contribution in [3.63, 3.8) is 0 Å². The Morgan fingerprint density at radius 3 is 2.81 bits per heavy atom. The number of fused-ring (bicyclic) bond motifs is 1. The van der Waals surface area contributed by atoms with Gasteiger partial charge in [-0.3, -0.25) is 14.9 Å². The standard InChI is InChI=1S/C13H11N3O3S2/c17-13-9(2-4-11(21)14-13)15-5-7-1-3-10(20)12(16(18)19)8(7)6-15/h1,3,5,9H,2,4,6H2,(H,14,17,21). The second-order valence-corrected chi connectivity index (χ2v) is 5.94. The fraction of sp³-hybridized carbons (Fsp3) is 0.308. The summed E-state index contributed by atoms with van der Waals surface area (Å²) in [5.41, 5.74) is 1.29.